The second-order valence-corrected chi connectivity index (χ2v) is 4.54. The predicted molar refractivity (Wildman–Crippen MR) is 74.8 cm³/mol. The number of fused-ring (bicyclic) bond motifs is 1. The zero-order chi connectivity index (χ0) is 14.1. The van der Waals surface area contributed by atoms with Crippen LogP contribution in [0.2, 0.25) is 0 Å². The lowest BCUT2D eigenvalue weighted by Gasteiger charge is -2.06. The van der Waals surface area contributed by atoms with Crippen molar-refractivity contribution in [3.05, 3.63) is 59.7 Å². The summed E-state index contributed by atoms with van der Waals surface area (Å²) in [5.41, 5.74) is 2.47. The van der Waals surface area contributed by atoms with Crippen molar-refractivity contribution in [1.82, 2.24) is 14.5 Å². The second-order valence-electron chi connectivity index (χ2n) is 4.54. The van der Waals surface area contributed by atoms with Crippen LogP contribution < -0.4 is 0 Å². The maximum atomic E-state index is 11.2. The lowest BCUT2D eigenvalue weighted by atomic mass is 10.2. The van der Waals surface area contributed by atoms with Crippen LogP contribution in [-0.2, 0) is 6.54 Å². The average Bonchev–Trinajstić information content (AvgIpc) is 2.76. The lowest BCUT2D eigenvalue weighted by molar-refractivity contribution is 0.0699. The fourth-order valence-corrected chi connectivity index (χ4v) is 2.29. The summed E-state index contributed by atoms with van der Waals surface area (Å²) in [7, 11) is 0. The summed E-state index contributed by atoms with van der Waals surface area (Å²) in [4.78, 5) is 19.9. The largest absolute Gasteiger partial charge is 0.478 e. The van der Waals surface area contributed by atoms with Gasteiger partial charge in [-0.05, 0) is 31.2 Å². The number of para-hydroxylation sites is 1. The van der Waals surface area contributed by atoms with Crippen molar-refractivity contribution in [3.8, 4) is 0 Å². The van der Waals surface area contributed by atoms with Crippen LogP contribution in [0.5, 0.6) is 0 Å². The van der Waals surface area contributed by atoms with Crippen LogP contribution in [0.4, 0.5) is 0 Å². The number of carboxylic acids is 1. The number of benzene rings is 1. The summed E-state index contributed by atoms with van der Waals surface area (Å²) in [5.74, 6) is -0.183. The topological polar surface area (TPSA) is 68.0 Å². The first kappa shape index (κ1) is 12.3. The fourth-order valence-electron chi connectivity index (χ4n) is 2.29. The number of aromatic carboxylic acids is 1. The molecule has 0 spiro atoms. The molecule has 2 heterocycles. The van der Waals surface area contributed by atoms with Gasteiger partial charge in [-0.25, -0.2) is 9.78 Å². The molecule has 0 radical (unpaired) electrons. The molecule has 0 atom stereocenters. The maximum Gasteiger partial charge on any atom is 0.337 e. The van der Waals surface area contributed by atoms with Gasteiger partial charge < -0.3 is 9.67 Å². The fraction of sp³-hybridized carbons (Fsp3) is 0.133. The molecule has 2 aromatic heterocycles. The van der Waals surface area contributed by atoms with Crippen LogP contribution >= 0.6 is 0 Å². The summed E-state index contributed by atoms with van der Waals surface area (Å²) in [6, 6.07) is 10.9. The van der Waals surface area contributed by atoms with Crippen LogP contribution in [0, 0.1) is 6.92 Å². The van der Waals surface area contributed by atoms with E-state index in [1.54, 1.807) is 18.3 Å². The summed E-state index contributed by atoms with van der Waals surface area (Å²) >= 11 is 0. The van der Waals surface area contributed by atoms with E-state index in [2.05, 4.69) is 9.97 Å². The molecule has 1 N–H and O–H groups in total. The molecule has 0 bridgehead atoms. The van der Waals surface area contributed by atoms with Crippen LogP contribution in [0.1, 0.15) is 21.9 Å². The van der Waals surface area contributed by atoms with Crippen molar-refractivity contribution >= 4 is 17.0 Å². The molecule has 0 saturated heterocycles. The monoisotopic (exact) mass is 267 g/mol. The highest BCUT2D eigenvalue weighted by Crippen LogP contribution is 2.21. The van der Waals surface area contributed by atoms with E-state index in [1.807, 2.05) is 35.8 Å². The molecule has 0 aliphatic heterocycles. The minimum absolute atomic E-state index is 0.227. The second kappa shape index (κ2) is 4.77. The van der Waals surface area contributed by atoms with Crippen molar-refractivity contribution in [2.45, 2.75) is 13.5 Å². The summed E-state index contributed by atoms with van der Waals surface area (Å²) in [5, 5.41) is 9.21. The van der Waals surface area contributed by atoms with Gasteiger partial charge in [0.1, 0.15) is 11.3 Å². The van der Waals surface area contributed by atoms with E-state index in [9.17, 15) is 9.90 Å². The van der Waals surface area contributed by atoms with E-state index >= 15 is 0 Å². The zero-order valence-electron chi connectivity index (χ0n) is 10.9. The van der Waals surface area contributed by atoms with Crippen LogP contribution in [-0.4, -0.2) is 25.6 Å². The Morgan fingerprint density at radius 2 is 2.10 bits per heavy atom. The number of aryl methyl sites for hydroxylation is 1. The smallest absolute Gasteiger partial charge is 0.337 e. The standard InChI is InChI=1S/C15H13N3O2/c1-10-17-14-12(15(19)20)6-4-7-13(14)18(10)9-11-5-2-3-8-16-11/h2-8H,9H2,1H3,(H,19,20). The molecule has 0 fully saturated rings. The number of rotatable bonds is 3. The number of nitrogens with zero attached hydrogens (tertiary/aromatic N) is 3. The number of pyridine rings is 1. The van der Waals surface area contributed by atoms with Crippen molar-refractivity contribution in [2.75, 3.05) is 0 Å². The molecule has 3 aromatic rings. The lowest BCUT2D eigenvalue weighted by Crippen LogP contribution is -2.03. The third kappa shape index (κ3) is 2.03. The highest BCUT2D eigenvalue weighted by atomic mass is 16.4. The Morgan fingerprint density at radius 3 is 2.80 bits per heavy atom. The van der Waals surface area contributed by atoms with Crippen molar-refractivity contribution in [3.63, 3.8) is 0 Å². The van der Waals surface area contributed by atoms with Gasteiger partial charge in [-0.1, -0.05) is 12.1 Å². The Bertz CT molecular complexity index is 778. The summed E-state index contributed by atoms with van der Waals surface area (Å²) in [6.07, 6.45) is 1.74. The molecular formula is C15H13N3O2. The van der Waals surface area contributed by atoms with E-state index in [0.717, 1.165) is 17.0 Å². The van der Waals surface area contributed by atoms with Crippen molar-refractivity contribution < 1.29 is 9.90 Å². The number of carbonyl (C=O) groups is 1. The van der Waals surface area contributed by atoms with E-state index in [-0.39, 0.29) is 5.56 Å². The van der Waals surface area contributed by atoms with Gasteiger partial charge in [0.15, 0.2) is 0 Å². The molecule has 0 aliphatic rings. The van der Waals surface area contributed by atoms with E-state index in [4.69, 9.17) is 0 Å². The molecule has 5 heteroatoms. The van der Waals surface area contributed by atoms with E-state index in [0.29, 0.717) is 12.1 Å². The number of hydrogen-bond acceptors (Lipinski definition) is 3. The van der Waals surface area contributed by atoms with E-state index in [1.165, 1.54) is 0 Å². The summed E-state index contributed by atoms with van der Waals surface area (Å²) in [6.45, 7) is 2.45. The van der Waals surface area contributed by atoms with Crippen LogP contribution in [0.25, 0.3) is 11.0 Å². The van der Waals surface area contributed by atoms with Crippen LogP contribution in [0.3, 0.4) is 0 Å². The molecule has 20 heavy (non-hydrogen) atoms. The minimum Gasteiger partial charge on any atom is -0.478 e. The van der Waals surface area contributed by atoms with Gasteiger partial charge in [-0.15, -0.1) is 0 Å². The molecule has 0 aliphatic carbocycles. The highest BCUT2D eigenvalue weighted by Gasteiger charge is 2.15. The first-order valence-electron chi connectivity index (χ1n) is 6.26. The Balaban J connectivity index is 2.14. The van der Waals surface area contributed by atoms with Crippen molar-refractivity contribution in [1.29, 1.82) is 0 Å². The number of imidazole rings is 1. The quantitative estimate of drug-likeness (QED) is 0.791. The Hall–Kier alpha value is -2.69. The van der Waals surface area contributed by atoms with Gasteiger partial charge >= 0.3 is 5.97 Å². The molecule has 0 unspecified atom stereocenters. The van der Waals surface area contributed by atoms with Gasteiger partial charge in [0, 0.05) is 6.20 Å². The van der Waals surface area contributed by atoms with Gasteiger partial charge in [0.05, 0.1) is 23.3 Å². The maximum absolute atomic E-state index is 11.2. The van der Waals surface area contributed by atoms with Gasteiger partial charge in [0.2, 0.25) is 0 Å². The van der Waals surface area contributed by atoms with Crippen molar-refractivity contribution in [2.24, 2.45) is 0 Å². The molecule has 100 valence electrons. The first-order valence-corrected chi connectivity index (χ1v) is 6.26. The number of hydrogen-bond donors (Lipinski definition) is 1. The Kier molecular flexibility index (Phi) is 2.95. The third-order valence-corrected chi connectivity index (χ3v) is 3.25. The van der Waals surface area contributed by atoms with Gasteiger partial charge in [-0.2, -0.15) is 0 Å². The zero-order valence-corrected chi connectivity index (χ0v) is 10.9. The predicted octanol–water partition coefficient (Wildman–Crippen LogP) is 2.49. The number of aromatic nitrogens is 3. The number of carboxylic acid groups (broad SMARTS) is 1. The molecule has 3 rings (SSSR count). The average molecular weight is 267 g/mol. The minimum atomic E-state index is -0.960. The molecule has 0 saturated carbocycles. The SMILES string of the molecule is Cc1nc2c(C(=O)O)cccc2n1Cc1ccccn1. The van der Waals surface area contributed by atoms with Gasteiger partial charge in [0.25, 0.3) is 0 Å². The summed E-state index contributed by atoms with van der Waals surface area (Å²) < 4.78 is 1.98. The first-order chi connectivity index (χ1) is 9.66. The Labute approximate surface area is 115 Å². The van der Waals surface area contributed by atoms with E-state index < -0.39 is 5.97 Å². The Morgan fingerprint density at radius 1 is 1.25 bits per heavy atom. The molecule has 0 amide bonds. The van der Waals surface area contributed by atoms with Crippen LogP contribution in [0.15, 0.2) is 42.6 Å². The molecule has 5 nitrogen and oxygen atoms in total. The normalized spacial score (nSPS) is 10.8. The van der Waals surface area contributed by atoms with Gasteiger partial charge in [-0.3, -0.25) is 4.98 Å². The third-order valence-electron chi connectivity index (χ3n) is 3.25. The molecular weight excluding hydrogens is 254 g/mol. The highest BCUT2D eigenvalue weighted by molar-refractivity contribution is 6.01. The molecule has 1 aromatic carbocycles.